The van der Waals surface area contributed by atoms with E-state index in [1.807, 2.05) is 18.4 Å². The summed E-state index contributed by atoms with van der Waals surface area (Å²) in [5.41, 5.74) is 0.718. The normalized spacial score (nSPS) is 17.2. The molecule has 0 spiro atoms. The van der Waals surface area contributed by atoms with E-state index < -0.39 is 11.2 Å². The van der Waals surface area contributed by atoms with Gasteiger partial charge in [-0.25, -0.2) is 9.69 Å². The Morgan fingerprint density at radius 2 is 1.72 bits per heavy atom. The highest BCUT2D eigenvalue weighted by Gasteiger charge is 2.41. The Balaban J connectivity index is 1.89. The van der Waals surface area contributed by atoms with Gasteiger partial charge in [-0.3, -0.25) is 9.59 Å². The van der Waals surface area contributed by atoms with Gasteiger partial charge in [-0.05, 0) is 30.5 Å². The molecule has 1 fully saturated rings. The maximum atomic E-state index is 12.8. The minimum atomic E-state index is -1.05. The molecule has 0 saturated carbocycles. The third kappa shape index (κ3) is 3.43. The minimum Gasteiger partial charge on any atom is -0.478 e. The number of hydrogen-bond acceptors (Lipinski definition) is 5. The van der Waals surface area contributed by atoms with Crippen LogP contribution < -0.4 is 4.90 Å². The number of carbonyl (C=O) groups excluding carboxylic acids is 2. The molecule has 1 N–H and O–H groups in total. The lowest BCUT2D eigenvalue weighted by Gasteiger charge is -2.18. The lowest BCUT2D eigenvalue weighted by molar-refractivity contribution is -0.121. The Bertz CT molecular complexity index is 852. The van der Waals surface area contributed by atoms with Crippen molar-refractivity contribution in [3.05, 3.63) is 54.1 Å². The number of anilines is 1. The van der Waals surface area contributed by atoms with Gasteiger partial charge in [0.25, 0.3) is 0 Å². The second-order valence-electron chi connectivity index (χ2n) is 5.35. The van der Waals surface area contributed by atoms with Crippen LogP contribution in [0.3, 0.4) is 0 Å². The molecule has 0 aromatic heterocycles. The molecule has 0 bridgehead atoms. The van der Waals surface area contributed by atoms with E-state index in [-0.39, 0.29) is 23.8 Å². The van der Waals surface area contributed by atoms with Crippen LogP contribution in [0.4, 0.5) is 5.69 Å². The second-order valence-corrected chi connectivity index (χ2v) is 7.44. The summed E-state index contributed by atoms with van der Waals surface area (Å²) in [6, 6.07) is 13.8. The van der Waals surface area contributed by atoms with Crippen molar-refractivity contribution in [2.75, 3.05) is 11.2 Å². The van der Waals surface area contributed by atoms with Crippen LogP contribution in [-0.2, 0) is 9.59 Å². The van der Waals surface area contributed by atoms with E-state index in [1.54, 1.807) is 30.3 Å². The molecule has 7 heteroatoms. The zero-order valence-electron chi connectivity index (χ0n) is 13.3. The summed E-state index contributed by atoms with van der Waals surface area (Å²) < 4.78 is 0. The number of amides is 2. The van der Waals surface area contributed by atoms with Crippen LogP contribution in [0.1, 0.15) is 16.8 Å². The average Bonchev–Trinajstić information content (AvgIpc) is 2.88. The number of aromatic carboxylic acids is 1. The van der Waals surface area contributed by atoms with Gasteiger partial charge in [0.05, 0.1) is 16.5 Å². The minimum absolute atomic E-state index is 0.0557. The van der Waals surface area contributed by atoms with Crippen molar-refractivity contribution in [2.24, 2.45) is 0 Å². The molecule has 1 atom stereocenters. The summed E-state index contributed by atoms with van der Waals surface area (Å²) in [6.45, 7) is 0. The van der Waals surface area contributed by atoms with Crippen molar-refractivity contribution in [1.82, 2.24) is 0 Å². The van der Waals surface area contributed by atoms with Gasteiger partial charge in [0, 0.05) is 16.2 Å². The largest absolute Gasteiger partial charge is 0.478 e. The maximum absolute atomic E-state index is 12.8. The Morgan fingerprint density at radius 3 is 2.40 bits per heavy atom. The Morgan fingerprint density at radius 1 is 1.08 bits per heavy atom. The number of benzene rings is 2. The van der Waals surface area contributed by atoms with Crippen molar-refractivity contribution in [2.45, 2.75) is 21.5 Å². The predicted octanol–water partition coefficient (Wildman–Crippen LogP) is 3.53. The molecule has 1 unspecified atom stereocenters. The third-order valence-electron chi connectivity index (χ3n) is 3.82. The standard InChI is InChI=1S/C18H15NO4S2/c1-24-14-9-5-3-7-12(14)19-16(20)10-15(17(19)21)25-13-8-4-2-6-11(13)18(22)23/h2-9,15H,10H2,1H3,(H,22,23). The molecular formula is C18H15NO4S2. The molecule has 1 aliphatic heterocycles. The number of carboxylic acids is 1. The number of carboxylic acid groups (broad SMARTS) is 1. The molecule has 0 radical (unpaired) electrons. The van der Waals surface area contributed by atoms with E-state index in [9.17, 15) is 19.5 Å². The van der Waals surface area contributed by atoms with Crippen molar-refractivity contribution < 1.29 is 19.5 Å². The van der Waals surface area contributed by atoms with Gasteiger partial charge < -0.3 is 5.11 Å². The van der Waals surface area contributed by atoms with E-state index >= 15 is 0 Å². The van der Waals surface area contributed by atoms with E-state index in [0.29, 0.717) is 10.6 Å². The van der Waals surface area contributed by atoms with Crippen LogP contribution in [0, 0.1) is 0 Å². The molecule has 2 aromatic rings. The fourth-order valence-corrected chi connectivity index (χ4v) is 4.42. The van der Waals surface area contributed by atoms with Crippen molar-refractivity contribution in [3.63, 3.8) is 0 Å². The zero-order valence-corrected chi connectivity index (χ0v) is 15.0. The van der Waals surface area contributed by atoms with E-state index in [0.717, 1.165) is 16.7 Å². The molecule has 3 rings (SSSR count). The van der Waals surface area contributed by atoms with Gasteiger partial charge in [0.1, 0.15) is 0 Å². The fourth-order valence-electron chi connectivity index (χ4n) is 2.66. The van der Waals surface area contributed by atoms with Crippen LogP contribution in [0.25, 0.3) is 0 Å². The predicted molar refractivity (Wildman–Crippen MR) is 98.4 cm³/mol. The average molecular weight is 373 g/mol. The van der Waals surface area contributed by atoms with E-state index in [2.05, 4.69) is 0 Å². The van der Waals surface area contributed by atoms with Gasteiger partial charge in [0.15, 0.2) is 0 Å². The molecule has 128 valence electrons. The number of hydrogen-bond donors (Lipinski definition) is 1. The molecule has 2 aromatic carbocycles. The topological polar surface area (TPSA) is 74.7 Å². The lowest BCUT2D eigenvalue weighted by Crippen LogP contribution is -2.31. The molecule has 1 aliphatic rings. The molecule has 1 heterocycles. The number of nitrogens with zero attached hydrogens (tertiary/aromatic N) is 1. The summed E-state index contributed by atoms with van der Waals surface area (Å²) in [5.74, 6) is -1.63. The highest BCUT2D eigenvalue weighted by molar-refractivity contribution is 8.00. The molecule has 0 aliphatic carbocycles. The fraction of sp³-hybridized carbons (Fsp3) is 0.167. The van der Waals surface area contributed by atoms with Crippen LogP contribution >= 0.6 is 23.5 Å². The quantitative estimate of drug-likeness (QED) is 0.638. The van der Waals surface area contributed by atoms with Crippen LogP contribution in [0.5, 0.6) is 0 Å². The summed E-state index contributed by atoms with van der Waals surface area (Å²) in [5, 5.41) is 8.66. The number of para-hydroxylation sites is 1. The molecule has 1 saturated heterocycles. The SMILES string of the molecule is CSc1ccccc1N1C(=O)CC(Sc2ccccc2C(=O)O)C1=O. The van der Waals surface area contributed by atoms with Crippen LogP contribution in [-0.4, -0.2) is 34.4 Å². The Labute approximate surface area is 153 Å². The molecule has 25 heavy (non-hydrogen) atoms. The first-order chi connectivity index (χ1) is 12.0. The maximum Gasteiger partial charge on any atom is 0.336 e. The first-order valence-electron chi connectivity index (χ1n) is 7.51. The summed E-state index contributed by atoms with van der Waals surface area (Å²) in [6.07, 6.45) is 1.94. The van der Waals surface area contributed by atoms with Gasteiger partial charge >= 0.3 is 5.97 Å². The smallest absolute Gasteiger partial charge is 0.336 e. The second kappa shape index (κ2) is 7.33. The first-order valence-corrected chi connectivity index (χ1v) is 9.62. The Kier molecular flexibility index (Phi) is 5.15. The number of carbonyl (C=O) groups is 3. The van der Waals surface area contributed by atoms with Gasteiger partial charge in [-0.15, -0.1) is 23.5 Å². The summed E-state index contributed by atoms with van der Waals surface area (Å²) in [4.78, 5) is 39.1. The molecule has 5 nitrogen and oxygen atoms in total. The lowest BCUT2D eigenvalue weighted by atomic mass is 10.2. The zero-order chi connectivity index (χ0) is 18.0. The van der Waals surface area contributed by atoms with Crippen LogP contribution in [0.2, 0.25) is 0 Å². The monoisotopic (exact) mass is 373 g/mol. The summed E-state index contributed by atoms with van der Waals surface area (Å²) >= 11 is 2.60. The number of thioether (sulfide) groups is 2. The molecule has 2 amide bonds. The number of imide groups is 1. The third-order valence-corrected chi connectivity index (χ3v) is 5.87. The van der Waals surface area contributed by atoms with Crippen LogP contribution in [0.15, 0.2) is 58.3 Å². The van der Waals surface area contributed by atoms with Crippen molar-refractivity contribution in [1.29, 1.82) is 0 Å². The van der Waals surface area contributed by atoms with Gasteiger partial charge in [0.2, 0.25) is 11.8 Å². The van der Waals surface area contributed by atoms with Gasteiger partial charge in [-0.2, -0.15) is 0 Å². The molecular weight excluding hydrogens is 358 g/mol. The van der Waals surface area contributed by atoms with E-state index in [1.165, 1.54) is 22.7 Å². The number of rotatable bonds is 5. The van der Waals surface area contributed by atoms with Crippen molar-refractivity contribution in [3.8, 4) is 0 Å². The van der Waals surface area contributed by atoms with Crippen molar-refractivity contribution >= 4 is 47.0 Å². The van der Waals surface area contributed by atoms with Gasteiger partial charge in [-0.1, -0.05) is 24.3 Å². The Hall–Kier alpha value is -2.25. The summed E-state index contributed by atoms with van der Waals surface area (Å²) in [7, 11) is 0. The highest BCUT2D eigenvalue weighted by Crippen LogP contribution is 2.38. The van der Waals surface area contributed by atoms with E-state index in [4.69, 9.17) is 0 Å². The first kappa shape index (κ1) is 17.6. The highest BCUT2D eigenvalue weighted by atomic mass is 32.2.